The summed E-state index contributed by atoms with van der Waals surface area (Å²) in [5, 5.41) is 0. The second-order valence-electron chi connectivity index (χ2n) is 4.43. The zero-order chi connectivity index (χ0) is 11.1. The normalized spacial score (nSPS) is 16.0. The number of rotatable bonds is 7. The Hall–Kier alpha value is -0.720. The molecule has 0 saturated carbocycles. The van der Waals surface area contributed by atoms with Crippen LogP contribution in [0, 0.1) is 0 Å². The van der Waals surface area contributed by atoms with E-state index in [2.05, 4.69) is 31.4 Å². The lowest BCUT2D eigenvalue weighted by Crippen LogP contribution is -2.19. The predicted octanol–water partition coefficient (Wildman–Crippen LogP) is 4.47. The molecule has 0 atom stereocenters. The fourth-order valence-electron chi connectivity index (χ4n) is 2.15. The van der Waals surface area contributed by atoms with Crippen molar-refractivity contribution in [3.63, 3.8) is 0 Å². The smallest absolute Gasteiger partial charge is 0.0224 e. The van der Waals surface area contributed by atoms with Crippen molar-refractivity contribution in [1.29, 1.82) is 0 Å². The Bertz CT molecular complexity index is 227. The van der Waals surface area contributed by atoms with E-state index >= 15 is 0 Å². The van der Waals surface area contributed by atoms with Gasteiger partial charge in [0.1, 0.15) is 0 Å². The van der Waals surface area contributed by atoms with Gasteiger partial charge in [-0.3, -0.25) is 0 Å². The van der Waals surface area contributed by atoms with Gasteiger partial charge in [-0.25, -0.2) is 0 Å². The minimum absolute atomic E-state index is 1.07. The molecule has 0 aromatic heterocycles. The van der Waals surface area contributed by atoms with E-state index in [1.165, 1.54) is 56.5 Å². The summed E-state index contributed by atoms with van der Waals surface area (Å²) in [4.78, 5) is 2.44. The van der Waals surface area contributed by atoms with Gasteiger partial charge in [0.25, 0.3) is 0 Å². The highest BCUT2D eigenvalue weighted by Gasteiger charge is 2.16. The van der Waals surface area contributed by atoms with Crippen molar-refractivity contribution in [2.45, 2.75) is 58.8 Å². The summed E-state index contributed by atoms with van der Waals surface area (Å²) >= 11 is 0. The standard InChI is InChI=1S/C14H25N/c1-4-6-7-8-12-15-13(3)10-11-14(15)9-5-2/h11H,3-10,12H2,1-2H3. The van der Waals surface area contributed by atoms with Gasteiger partial charge >= 0.3 is 0 Å². The van der Waals surface area contributed by atoms with Crippen LogP contribution in [0.15, 0.2) is 24.0 Å². The van der Waals surface area contributed by atoms with E-state index in [-0.39, 0.29) is 0 Å². The highest BCUT2D eigenvalue weighted by molar-refractivity contribution is 5.21. The van der Waals surface area contributed by atoms with E-state index in [0.717, 1.165) is 6.42 Å². The number of hydrogen-bond acceptors (Lipinski definition) is 1. The topological polar surface area (TPSA) is 3.24 Å². The fourth-order valence-corrected chi connectivity index (χ4v) is 2.15. The number of allylic oxidation sites excluding steroid dienone is 2. The first-order valence-electron chi connectivity index (χ1n) is 6.44. The van der Waals surface area contributed by atoms with Crippen molar-refractivity contribution in [2.75, 3.05) is 6.54 Å². The Morgan fingerprint density at radius 3 is 2.67 bits per heavy atom. The molecule has 0 aliphatic carbocycles. The van der Waals surface area contributed by atoms with E-state index in [1.807, 2.05) is 0 Å². The molecular weight excluding hydrogens is 182 g/mol. The molecule has 0 aromatic rings. The summed E-state index contributed by atoms with van der Waals surface area (Å²) in [7, 11) is 0. The lowest BCUT2D eigenvalue weighted by Gasteiger charge is -2.23. The second kappa shape index (κ2) is 6.71. The van der Waals surface area contributed by atoms with Crippen LogP contribution in [0.5, 0.6) is 0 Å². The highest BCUT2D eigenvalue weighted by atomic mass is 15.2. The quantitative estimate of drug-likeness (QED) is 0.557. The van der Waals surface area contributed by atoms with Crippen LogP contribution >= 0.6 is 0 Å². The molecule has 15 heavy (non-hydrogen) atoms. The number of hydrogen-bond donors (Lipinski definition) is 0. The monoisotopic (exact) mass is 207 g/mol. The van der Waals surface area contributed by atoms with Crippen LogP contribution in [-0.4, -0.2) is 11.4 Å². The predicted molar refractivity (Wildman–Crippen MR) is 67.6 cm³/mol. The summed E-state index contributed by atoms with van der Waals surface area (Å²) < 4.78 is 0. The van der Waals surface area contributed by atoms with Crippen LogP contribution in [0.1, 0.15) is 58.8 Å². The van der Waals surface area contributed by atoms with Gasteiger partial charge in [-0.15, -0.1) is 0 Å². The van der Waals surface area contributed by atoms with Crippen LogP contribution in [0.3, 0.4) is 0 Å². The molecule has 1 aliphatic heterocycles. The van der Waals surface area contributed by atoms with Gasteiger partial charge in [0.15, 0.2) is 0 Å². The fraction of sp³-hybridized carbons (Fsp3) is 0.714. The van der Waals surface area contributed by atoms with Gasteiger partial charge in [-0.05, 0) is 12.8 Å². The third kappa shape index (κ3) is 3.73. The van der Waals surface area contributed by atoms with E-state index in [4.69, 9.17) is 0 Å². The zero-order valence-electron chi connectivity index (χ0n) is 10.4. The van der Waals surface area contributed by atoms with Crippen LogP contribution in [0.2, 0.25) is 0 Å². The molecule has 0 N–H and O–H groups in total. The van der Waals surface area contributed by atoms with Crippen LogP contribution < -0.4 is 0 Å². The summed E-state index contributed by atoms with van der Waals surface area (Å²) in [6, 6.07) is 0. The molecule has 0 saturated heterocycles. The summed E-state index contributed by atoms with van der Waals surface area (Å²) in [5.41, 5.74) is 2.81. The summed E-state index contributed by atoms with van der Waals surface area (Å²) in [6.07, 6.45) is 11.2. The average molecular weight is 207 g/mol. The van der Waals surface area contributed by atoms with Gasteiger partial charge in [-0.1, -0.05) is 52.2 Å². The van der Waals surface area contributed by atoms with Crippen molar-refractivity contribution in [1.82, 2.24) is 4.90 Å². The minimum Gasteiger partial charge on any atom is -0.349 e. The largest absolute Gasteiger partial charge is 0.349 e. The van der Waals surface area contributed by atoms with Crippen LogP contribution in [0.25, 0.3) is 0 Å². The first-order valence-corrected chi connectivity index (χ1v) is 6.44. The maximum absolute atomic E-state index is 4.14. The maximum Gasteiger partial charge on any atom is 0.0224 e. The van der Waals surface area contributed by atoms with Crippen molar-refractivity contribution in [2.24, 2.45) is 0 Å². The van der Waals surface area contributed by atoms with Gasteiger partial charge < -0.3 is 4.90 Å². The summed E-state index contributed by atoms with van der Waals surface area (Å²) in [6.45, 7) is 9.83. The van der Waals surface area contributed by atoms with Crippen molar-refractivity contribution in [3.8, 4) is 0 Å². The van der Waals surface area contributed by atoms with Gasteiger partial charge in [0, 0.05) is 24.4 Å². The Morgan fingerprint density at radius 2 is 2.00 bits per heavy atom. The Labute approximate surface area is 94.9 Å². The molecule has 1 heteroatoms. The van der Waals surface area contributed by atoms with Crippen molar-refractivity contribution < 1.29 is 0 Å². The van der Waals surface area contributed by atoms with Crippen molar-refractivity contribution >= 4 is 0 Å². The first kappa shape index (κ1) is 12.4. The zero-order valence-corrected chi connectivity index (χ0v) is 10.4. The maximum atomic E-state index is 4.14. The molecule has 1 aliphatic rings. The molecule has 1 heterocycles. The third-order valence-electron chi connectivity index (χ3n) is 3.04. The van der Waals surface area contributed by atoms with Gasteiger partial charge in [0.2, 0.25) is 0 Å². The van der Waals surface area contributed by atoms with E-state index in [1.54, 1.807) is 0 Å². The molecular formula is C14H25N. The molecule has 0 amide bonds. The van der Waals surface area contributed by atoms with E-state index in [9.17, 15) is 0 Å². The minimum atomic E-state index is 1.07. The van der Waals surface area contributed by atoms with E-state index < -0.39 is 0 Å². The molecule has 1 rings (SSSR count). The molecule has 86 valence electrons. The molecule has 0 fully saturated rings. The van der Waals surface area contributed by atoms with E-state index in [0.29, 0.717) is 0 Å². The Balaban J connectivity index is 2.31. The van der Waals surface area contributed by atoms with Gasteiger partial charge in [0.05, 0.1) is 0 Å². The first-order chi connectivity index (χ1) is 7.29. The molecule has 0 bridgehead atoms. The molecule has 0 spiro atoms. The van der Waals surface area contributed by atoms with Crippen molar-refractivity contribution in [3.05, 3.63) is 24.0 Å². The Morgan fingerprint density at radius 1 is 1.20 bits per heavy atom. The molecule has 0 radical (unpaired) electrons. The number of nitrogens with zero attached hydrogens (tertiary/aromatic N) is 1. The average Bonchev–Trinajstić information content (AvgIpc) is 2.56. The SMILES string of the molecule is C=C1CC=C(CCC)N1CCCCCC. The second-order valence-corrected chi connectivity index (χ2v) is 4.43. The molecule has 1 nitrogen and oxygen atoms in total. The van der Waals surface area contributed by atoms with Gasteiger partial charge in [-0.2, -0.15) is 0 Å². The van der Waals surface area contributed by atoms with Crippen LogP contribution in [-0.2, 0) is 0 Å². The number of unbranched alkanes of at least 4 members (excludes halogenated alkanes) is 3. The lowest BCUT2D eigenvalue weighted by molar-refractivity contribution is 0.407. The lowest BCUT2D eigenvalue weighted by atomic mass is 10.2. The summed E-state index contributed by atoms with van der Waals surface area (Å²) in [5.74, 6) is 0. The van der Waals surface area contributed by atoms with Crippen LogP contribution in [0.4, 0.5) is 0 Å². The Kier molecular flexibility index (Phi) is 5.52. The third-order valence-corrected chi connectivity index (χ3v) is 3.04. The molecule has 0 aromatic carbocycles. The molecule has 0 unspecified atom stereocenters. The highest BCUT2D eigenvalue weighted by Crippen LogP contribution is 2.27.